The maximum absolute atomic E-state index is 12.2. The van der Waals surface area contributed by atoms with Crippen LogP contribution in [-0.2, 0) is 12.0 Å². The van der Waals surface area contributed by atoms with Crippen molar-refractivity contribution < 1.29 is 4.79 Å². The van der Waals surface area contributed by atoms with Gasteiger partial charge < -0.3 is 10.6 Å². The summed E-state index contributed by atoms with van der Waals surface area (Å²) in [6.07, 6.45) is 2.50. The first-order chi connectivity index (χ1) is 8.93. The summed E-state index contributed by atoms with van der Waals surface area (Å²) in [4.78, 5) is 12.2. The van der Waals surface area contributed by atoms with Crippen molar-refractivity contribution in [1.29, 1.82) is 0 Å². The van der Waals surface area contributed by atoms with E-state index in [2.05, 4.69) is 43.4 Å². The number of nitrogens with zero attached hydrogens (tertiary/aromatic N) is 2. The van der Waals surface area contributed by atoms with Gasteiger partial charge in [0.25, 0.3) is 5.91 Å². The molecule has 1 aromatic heterocycles. The third-order valence-corrected chi connectivity index (χ3v) is 3.50. The molecule has 1 amide bonds. The molecule has 1 aliphatic heterocycles. The highest BCUT2D eigenvalue weighted by molar-refractivity contribution is 5.95. The SMILES string of the molecule is CCc1c(C(=O)NCC2CNC2)cnn1C(C)(C)C.Cl. The van der Waals surface area contributed by atoms with E-state index in [0.717, 1.165) is 31.7 Å². The van der Waals surface area contributed by atoms with E-state index in [4.69, 9.17) is 0 Å². The Balaban J connectivity index is 0.00000200. The van der Waals surface area contributed by atoms with Gasteiger partial charge in [0.05, 0.1) is 23.0 Å². The standard InChI is InChI=1S/C14H24N4O.ClH/c1-5-12-11(9-17-18(12)14(2,3)4)13(19)16-8-10-6-15-7-10;/h9-10,15H,5-8H2,1-4H3,(H,16,19);1H. The number of nitrogens with one attached hydrogen (secondary N) is 2. The number of halogens is 1. The molecule has 1 aromatic rings. The van der Waals surface area contributed by atoms with Crippen LogP contribution in [0.15, 0.2) is 6.20 Å². The topological polar surface area (TPSA) is 59.0 Å². The van der Waals surface area contributed by atoms with Crippen LogP contribution in [0.25, 0.3) is 0 Å². The molecule has 2 N–H and O–H groups in total. The molecule has 0 atom stereocenters. The third-order valence-electron chi connectivity index (χ3n) is 3.50. The average molecular weight is 301 g/mol. The van der Waals surface area contributed by atoms with E-state index in [1.54, 1.807) is 6.20 Å². The Hall–Kier alpha value is -1.07. The maximum atomic E-state index is 12.2. The molecule has 5 nitrogen and oxygen atoms in total. The molecule has 0 aliphatic carbocycles. The lowest BCUT2D eigenvalue weighted by Gasteiger charge is -2.27. The fourth-order valence-electron chi connectivity index (χ4n) is 2.31. The molecule has 2 heterocycles. The summed E-state index contributed by atoms with van der Waals surface area (Å²) in [5.74, 6) is 0.575. The number of carbonyl (C=O) groups excluding carboxylic acids is 1. The van der Waals surface area contributed by atoms with Gasteiger partial charge in [-0.1, -0.05) is 6.92 Å². The molecule has 0 saturated carbocycles. The second kappa shape index (κ2) is 6.59. The van der Waals surface area contributed by atoms with Crippen LogP contribution in [0.5, 0.6) is 0 Å². The lowest BCUT2D eigenvalue weighted by Crippen LogP contribution is -2.48. The highest BCUT2D eigenvalue weighted by atomic mass is 35.5. The monoisotopic (exact) mass is 300 g/mol. The van der Waals surface area contributed by atoms with E-state index in [1.165, 1.54) is 0 Å². The van der Waals surface area contributed by atoms with Crippen molar-refractivity contribution in [3.05, 3.63) is 17.5 Å². The van der Waals surface area contributed by atoms with Crippen LogP contribution in [0.3, 0.4) is 0 Å². The molecule has 0 spiro atoms. The quantitative estimate of drug-likeness (QED) is 0.887. The Morgan fingerprint density at radius 2 is 2.15 bits per heavy atom. The predicted octanol–water partition coefficient (Wildman–Crippen LogP) is 1.57. The van der Waals surface area contributed by atoms with Crippen LogP contribution in [0.1, 0.15) is 43.7 Å². The number of carbonyl (C=O) groups is 1. The van der Waals surface area contributed by atoms with Gasteiger partial charge in [0.2, 0.25) is 0 Å². The van der Waals surface area contributed by atoms with Gasteiger partial charge in [-0.15, -0.1) is 12.4 Å². The molecule has 1 fully saturated rings. The zero-order chi connectivity index (χ0) is 14.0. The van der Waals surface area contributed by atoms with Crippen LogP contribution in [0.4, 0.5) is 0 Å². The summed E-state index contributed by atoms with van der Waals surface area (Å²) in [5, 5.41) is 10.6. The fourth-order valence-corrected chi connectivity index (χ4v) is 2.31. The van der Waals surface area contributed by atoms with Crippen LogP contribution < -0.4 is 10.6 Å². The van der Waals surface area contributed by atoms with Gasteiger partial charge in [0.1, 0.15) is 0 Å². The van der Waals surface area contributed by atoms with E-state index in [1.807, 2.05) is 4.68 Å². The zero-order valence-corrected chi connectivity index (χ0v) is 13.5. The van der Waals surface area contributed by atoms with Gasteiger partial charge >= 0.3 is 0 Å². The highest BCUT2D eigenvalue weighted by Gasteiger charge is 2.24. The van der Waals surface area contributed by atoms with Crippen LogP contribution >= 0.6 is 12.4 Å². The first-order valence-electron chi connectivity index (χ1n) is 6.99. The van der Waals surface area contributed by atoms with Gasteiger partial charge in [-0.05, 0) is 27.2 Å². The Labute approximate surface area is 126 Å². The number of rotatable bonds is 4. The third kappa shape index (κ3) is 3.52. The lowest BCUT2D eigenvalue weighted by atomic mass is 10.0. The summed E-state index contributed by atoms with van der Waals surface area (Å²) >= 11 is 0. The Morgan fingerprint density at radius 3 is 2.60 bits per heavy atom. The first kappa shape index (κ1) is 17.0. The normalized spacial score (nSPS) is 15.4. The molecule has 0 bridgehead atoms. The number of hydrogen-bond donors (Lipinski definition) is 2. The predicted molar refractivity (Wildman–Crippen MR) is 82.5 cm³/mol. The number of amides is 1. The Bertz CT molecular complexity index is 460. The minimum absolute atomic E-state index is 0. The van der Waals surface area contributed by atoms with E-state index in [0.29, 0.717) is 11.5 Å². The maximum Gasteiger partial charge on any atom is 0.254 e. The molecule has 0 aromatic carbocycles. The second-order valence-electron chi connectivity index (χ2n) is 6.18. The number of aromatic nitrogens is 2. The first-order valence-corrected chi connectivity index (χ1v) is 6.99. The summed E-state index contributed by atoms with van der Waals surface area (Å²) in [6.45, 7) is 11.1. The van der Waals surface area contributed by atoms with Crippen molar-refractivity contribution in [3.8, 4) is 0 Å². The van der Waals surface area contributed by atoms with E-state index in [9.17, 15) is 4.79 Å². The van der Waals surface area contributed by atoms with Crippen LogP contribution in [0, 0.1) is 5.92 Å². The van der Waals surface area contributed by atoms with Crippen molar-refractivity contribution in [1.82, 2.24) is 20.4 Å². The van der Waals surface area contributed by atoms with Crippen LogP contribution in [-0.4, -0.2) is 35.3 Å². The van der Waals surface area contributed by atoms with Gasteiger partial charge in [-0.3, -0.25) is 9.48 Å². The zero-order valence-electron chi connectivity index (χ0n) is 12.7. The summed E-state index contributed by atoms with van der Waals surface area (Å²) in [6, 6.07) is 0. The molecular weight excluding hydrogens is 276 g/mol. The van der Waals surface area contributed by atoms with Crippen molar-refractivity contribution in [2.45, 2.75) is 39.7 Å². The molecule has 0 radical (unpaired) electrons. The molecule has 6 heteroatoms. The number of hydrogen-bond acceptors (Lipinski definition) is 3. The fraction of sp³-hybridized carbons (Fsp3) is 0.714. The molecule has 2 rings (SSSR count). The molecular formula is C14H25ClN4O. The van der Waals surface area contributed by atoms with Gasteiger partial charge in [-0.25, -0.2) is 0 Å². The average Bonchev–Trinajstić information content (AvgIpc) is 2.69. The highest BCUT2D eigenvalue weighted by Crippen LogP contribution is 2.19. The largest absolute Gasteiger partial charge is 0.352 e. The van der Waals surface area contributed by atoms with E-state index >= 15 is 0 Å². The van der Waals surface area contributed by atoms with Crippen LogP contribution in [0.2, 0.25) is 0 Å². The minimum atomic E-state index is -0.0955. The van der Waals surface area contributed by atoms with Crippen molar-refractivity contribution >= 4 is 18.3 Å². The Morgan fingerprint density at radius 1 is 1.50 bits per heavy atom. The van der Waals surface area contributed by atoms with E-state index < -0.39 is 0 Å². The molecule has 114 valence electrons. The second-order valence-corrected chi connectivity index (χ2v) is 6.18. The van der Waals surface area contributed by atoms with Crippen molar-refractivity contribution in [2.75, 3.05) is 19.6 Å². The smallest absolute Gasteiger partial charge is 0.254 e. The molecule has 1 saturated heterocycles. The summed E-state index contributed by atoms with van der Waals surface area (Å²) in [7, 11) is 0. The molecule has 0 unspecified atom stereocenters. The Kier molecular flexibility index (Phi) is 5.59. The summed E-state index contributed by atoms with van der Waals surface area (Å²) < 4.78 is 1.95. The summed E-state index contributed by atoms with van der Waals surface area (Å²) in [5.41, 5.74) is 1.63. The lowest BCUT2D eigenvalue weighted by molar-refractivity contribution is 0.0941. The molecule has 20 heavy (non-hydrogen) atoms. The van der Waals surface area contributed by atoms with Crippen molar-refractivity contribution in [2.24, 2.45) is 5.92 Å². The van der Waals surface area contributed by atoms with E-state index in [-0.39, 0.29) is 23.9 Å². The molecule has 1 aliphatic rings. The van der Waals surface area contributed by atoms with Crippen molar-refractivity contribution in [3.63, 3.8) is 0 Å². The van der Waals surface area contributed by atoms with Gasteiger partial charge in [0, 0.05) is 25.6 Å². The minimum Gasteiger partial charge on any atom is -0.352 e. The van der Waals surface area contributed by atoms with Gasteiger partial charge in [-0.2, -0.15) is 5.10 Å². The van der Waals surface area contributed by atoms with Gasteiger partial charge in [0.15, 0.2) is 0 Å².